The molecule has 0 spiro atoms. The highest BCUT2D eigenvalue weighted by molar-refractivity contribution is 5.94. The molecule has 1 unspecified atom stereocenters. The molecule has 2 aromatic heterocycles. The van der Waals surface area contributed by atoms with E-state index >= 15 is 0 Å². The van der Waals surface area contributed by atoms with Crippen molar-refractivity contribution < 1.29 is 14.7 Å². The second-order valence-corrected chi connectivity index (χ2v) is 10.5. The van der Waals surface area contributed by atoms with Gasteiger partial charge in [-0.05, 0) is 72.6 Å². The molecule has 0 aromatic carbocycles. The van der Waals surface area contributed by atoms with E-state index in [4.69, 9.17) is 0 Å². The molecule has 7 atom stereocenters. The van der Waals surface area contributed by atoms with Gasteiger partial charge in [0.05, 0.1) is 6.10 Å². The van der Waals surface area contributed by atoms with Crippen LogP contribution in [0.25, 0.3) is 0 Å². The molecule has 7 heteroatoms. The van der Waals surface area contributed by atoms with E-state index < -0.39 is 6.10 Å². The molecule has 2 fully saturated rings. The maximum Gasteiger partial charge on any atom is 0.251 e. The topological polar surface area (TPSA) is 104 Å². The maximum atomic E-state index is 12.9. The number of aliphatic hydroxyl groups excluding tert-OH is 1. The SMILES string of the molecule is C[C@H]1[C@@H]2[C@@H](O)C([C@H](C)C(=O)NCc3cccnc3)CC[C@@]2(C)CC[C@@H]1NC(=O)c1ccncc1. The van der Waals surface area contributed by atoms with Crippen LogP contribution in [0.15, 0.2) is 49.1 Å². The lowest BCUT2D eigenvalue weighted by molar-refractivity contribution is -0.142. The summed E-state index contributed by atoms with van der Waals surface area (Å²) < 4.78 is 0. The lowest BCUT2D eigenvalue weighted by Crippen LogP contribution is -2.58. The summed E-state index contributed by atoms with van der Waals surface area (Å²) in [4.78, 5) is 33.8. The average Bonchev–Trinajstić information content (AvgIpc) is 2.85. The molecule has 2 heterocycles. The molecule has 0 saturated heterocycles. The van der Waals surface area contributed by atoms with Crippen LogP contribution in [-0.2, 0) is 11.3 Å². The Morgan fingerprint density at radius 3 is 2.59 bits per heavy atom. The lowest BCUT2D eigenvalue weighted by Gasteiger charge is -2.56. The molecule has 34 heavy (non-hydrogen) atoms. The third kappa shape index (κ3) is 4.99. The van der Waals surface area contributed by atoms with Crippen LogP contribution in [0.4, 0.5) is 0 Å². The zero-order valence-corrected chi connectivity index (χ0v) is 20.3. The van der Waals surface area contributed by atoms with Gasteiger partial charge >= 0.3 is 0 Å². The van der Waals surface area contributed by atoms with E-state index in [1.807, 2.05) is 19.1 Å². The molecule has 2 saturated carbocycles. The first-order valence-corrected chi connectivity index (χ1v) is 12.4. The molecular weight excluding hydrogens is 428 g/mol. The number of fused-ring (bicyclic) bond motifs is 1. The molecule has 0 aliphatic heterocycles. The van der Waals surface area contributed by atoms with Gasteiger partial charge in [-0.1, -0.05) is 26.8 Å². The molecule has 2 aromatic rings. The molecular formula is C27H36N4O3. The zero-order valence-electron chi connectivity index (χ0n) is 20.3. The fraction of sp³-hybridized carbons (Fsp3) is 0.556. The number of aromatic nitrogens is 2. The Labute approximate surface area is 201 Å². The number of rotatable bonds is 6. The van der Waals surface area contributed by atoms with Crippen molar-refractivity contribution in [2.24, 2.45) is 29.1 Å². The summed E-state index contributed by atoms with van der Waals surface area (Å²) in [6.45, 7) is 6.76. The Morgan fingerprint density at radius 2 is 1.88 bits per heavy atom. The maximum absolute atomic E-state index is 12.9. The second-order valence-electron chi connectivity index (χ2n) is 10.5. The molecule has 7 nitrogen and oxygen atoms in total. The fourth-order valence-corrected chi connectivity index (χ4v) is 6.30. The Bertz CT molecular complexity index is 986. The summed E-state index contributed by atoms with van der Waals surface area (Å²) in [5.41, 5.74) is 1.56. The van der Waals surface area contributed by atoms with Gasteiger partial charge in [0.25, 0.3) is 5.91 Å². The van der Waals surface area contributed by atoms with E-state index in [1.165, 1.54) is 0 Å². The minimum absolute atomic E-state index is 0.0122. The predicted molar refractivity (Wildman–Crippen MR) is 129 cm³/mol. The van der Waals surface area contributed by atoms with Crippen molar-refractivity contribution in [3.8, 4) is 0 Å². The van der Waals surface area contributed by atoms with Gasteiger partial charge < -0.3 is 15.7 Å². The molecule has 2 amide bonds. The standard InChI is InChI=1S/C27H36N4O3/c1-17(25(33)30-16-19-5-4-12-29-15-19)21-6-10-27(3)11-7-22(18(2)23(27)24(21)32)31-26(34)20-8-13-28-14-9-20/h4-5,8-9,12-15,17-18,21-24,32H,6-7,10-11,16H2,1-3H3,(H,30,33)(H,31,34)/t17-,18+,21?,22-,23+,24-,27-/m0/s1. The summed E-state index contributed by atoms with van der Waals surface area (Å²) in [6, 6.07) is 7.20. The monoisotopic (exact) mass is 464 g/mol. The average molecular weight is 465 g/mol. The second kappa shape index (κ2) is 10.2. The Kier molecular flexibility index (Phi) is 7.31. The van der Waals surface area contributed by atoms with Gasteiger partial charge in [-0.3, -0.25) is 19.6 Å². The van der Waals surface area contributed by atoms with E-state index in [0.717, 1.165) is 31.2 Å². The summed E-state index contributed by atoms with van der Waals surface area (Å²) in [5, 5.41) is 17.8. The number of aliphatic hydroxyl groups is 1. The van der Waals surface area contributed by atoms with Crippen LogP contribution in [0.1, 0.15) is 62.4 Å². The molecule has 0 bridgehead atoms. The quantitative estimate of drug-likeness (QED) is 0.608. The highest BCUT2D eigenvalue weighted by atomic mass is 16.3. The number of carbonyl (C=O) groups excluding carboxylic acids is 2. The Hall–Kier alpha value is -2.80. The first-order valence-electron chi connectivity index (χ1n) is 12.4. The largest absolute Gasteiger partial charge is 0.392 e. The van der Waals surface area contributed by atoms with Crippen LogP contribution in [0.5, 0.6) is 0 Å². The molecule has 2 aliphatic carbocycles. The molecule has 2 aliphatic rings. The summed E-state index contributed by atoms with van der Waals surface area (Å²) >= 11 is 0. The normalized spacial score (nSPS) is 31.7. The van der Waals surface area contributed by atoms with Crippen molar-refractivity contribution in [1.82, 2.24) is 20.6 Å². The van der Waals surface area contributed by atoms with Crippen LogP contribution in [0.2, 0.25) is 0 Å². The van der Waals surface area contributed by atoms with Crippen molar-refractivity contribution >= 4 is 11.8 Å². The first-order chi connectivity index (χ1) is 16.3. The van der Waals surface area contributed by atoms with E-state index in [9.17, 15) is 14.7 Å². The van der Waals surface area contributed by atoms with Crippen molar-refractivity contribution in [3.63, 3.8) is 0 Å². The third-order valence-corrected chi connectivity index (χ3v) is 8.39. The highest BCUT2D eigenvalue weighted by Gasteiger charge is 2.53. The van der Waals surface area contributed by atoms with Crippen molar-refractivity contribution in [2.75, 3.05) is 0 Å². The first kappa shape index (κ1) is 24.3. The minimum atomic E-state index is -0.589. The van der Waals surface area contributed by atoms with Gasteiger partial charge in [-0.2, -0.15) is 0 Å². The Balaban J connectivity index is 1.42. The van der Waals surface area contributed by atoms with E-state index in [1.54, 1.807) is 36.9 Å². The molecule has 0 radical (unpaired) electrons. The fourth-order valence-electron chi connectivity index (χ4n) is 6.30. The number of pyridine rings is 2. The summed E-state index contributed by atoms with van der Waals surface area (Å²) in [7, 11) is 0. The van der Waals surface area contributed by atoms with Gasteiger partial charge in [0.15, 0.2) is 0 Å². The number of amides is 2. The van der Waals surface area contributed by atoms with Crippen molar-refractivity contribution in [1.29, 1.82) is 0 Å². The van der Waals surface area contributed by atoms with Crippen molar-refractivity contribution in [2.45, 2.75) is 65.1 Å². The number of nitrogens with one attached hydrogen (secondary N) is 2. The highest BCUT2D eigenvalue weighted by Crippen LogP contribution is 2.55. The smallest absolute Gasteiger partial charge is 0.251 e. The van der Waals surface area contributed by atoms with Gasteiger partial charge in [0.2, 0.25) is 5.91 Å². The number of carbonyl (C=O) groups is 2. The summed E-state index contributed by atoms with van der Waals surface area (Å²) in [6.07, 6.45) is 9.76. The van der Waals surface area contributed by atoms with Gasteiger partial charge in [0.1, 0.15) is 0 Å². The van der Waals surface area contributed by atoms with Crippen LogP contribution in [0.3, 0.4) is 0 Å². The zero-order chi connectivity index (χ0) is 24.3. The van der Waals surface area contributed by atoms with E-state index in [-0.39, 0.29) is 46.9 Å². The van der Waals surface area contributed by atoms with E-state index in [0.29, 0.717) is 12.1 Å². The van der Waals surface area contributed by atoms with Crippen LogP contribution >= 0.6 is 0 Å². The van der Waals surface area contributed by atoms with Gasteiger partial charge in [-0.25, -0.2) is 0 Å². The predicted octanol–water partition coefficient (Wildman–Crippen LogP) is 3.35. The number of nitrogens with zero attached hydrogens (tertiary/aromatic N) is 2. The Morgan fingerprint density at radius 1 is 1.15 bits per heavy atom. The molecule has 182 valence electrons. The van der Waals surface area contributed by atoms with Crippen molar-refractivity contribution in [3.05, 3.63) is 60.2 Å². The van der Waals surface area contributed by atoms with Crippen LogP contribution < -0.4 is 10.6 Å². The lowest BCUT2D eigenvalue weighted by atomic mass is 9.51. The van der Waals surface area contributed by atoms with E-state index in [2.05, 4.69) is 34.4 Å². The number of hydrogen-bond acceptors (Lipinski definition) is 5. The van der Waals surface area contributed by atoms with Crippen LogP contribution in [0, 0.1) is 29.1 Å². The molecule has 3 N–H and O–H groups in total. The molecule has 4 rings (SSSR count). The number of hydrogen-bond donors (Lipinski definition) is 3. The third-order valence-electron chi connectivity index (χ3n) is 8.39. The minimum Gasteiger partial charge on any atom is -0.392 e. The van der Waals surface area contributed by atoms with Crippen LogP contribution in [-0.4, -0.2) is 39.0 Å². The summed E-state index contributed by atoms with van der Waals surface area (Å²) in [5.74, 6) is -0.418. The van der Waals surface area contributed by atoms with Gasteiger partial charge in [-0.15, -0.1) is 0 Å². The van der Waals surface area contributed by atoms with Gasteiger partial charge in [0, 0.05) is 48.9 Å².